The Morgan fingerprint density at radius 3 is 2.47 bits per heavy atom. The lowest BCUT2D eigenvalue weighted by atomic mass is 10.0. The van der Waals surface area contributed by atoms with Crippen molar-refractivity contribution in [3.63, 3.8) is 0 Å². The van der Waals surface area contributed by atoms with E-state index in [0.29, 0.717) is 25.5 Å². The first-order valence-corrected chi connectivity index (χ1v) is 10.6. The van der Waals surface area contributed by atoms with E-state index in [1.807, 2.05) is 42.5 Å². The number of aromatic nitrogens is 4. The number of tetrazole rings is 1. The van der Waals surface area contributed by atoms with E-state index in [9.17, 15) is 0 Å². The summed E-state index contributed by atoms with van der Waals surface area (Å²) in [6.07, 6.45) is 1.38. The minimum absolute atomic E-state index is 0.362. The third-order valence-corrected chi connectivity index (χ3v) is 4.93. The lowest BCUT2D eigenvalue weighted by Crippen LogP contribution is -2.07. The first-order chi connectivity index (χ1) is 15.8. The molecule has 3 aromatic carbocycles. The van der Waals surface area contributed by atoms with Gasteiger partial charge in [-0.3, -0.25) is 0 Å². The molecule has 1 N–H and O–H groups in total. The molecule has 0 bridgehead atoms. The molecule has 0 spiro atoms. The van der Waals surface area contributed by atoms with Gasteiger partial charge in [-0.2, -0.15) is 5.21 Å². The van der Waals surface area contributed by atoms with Gasteiger partial charge in [0.2, 0.25) is 0 Å². The van der Waals surface area contributed by atoms with Crippen molar-refractivity contribution < 1.29 is 9.57 Å². The van der Waals surface area contributed by atoms with Gasteiger partial charge < -0.3 is 9.57 Å². The molecular weight excluding hydrogens is 402 g/mol. The van der Waals surface area contributed by atoms with Crippen molar-refractivity contribution in [2.24, 2.45) is 5.16 Å². The van der Waals surface area contributed by atoms with Crippen LogP contribution >= 0.6 is 0 Å². The summed E-state index contributed by atoms with van der Waals surface area (Å²) >= 11 is 0. The van der Waals surface area contributed by atoms with Crippen LogP contribution in [-0.4, -0.2) is 39.5 Å². The van der Waals surface area contributed by atoms with Crippen LogP contribution in [0.5, 0.6) is 5.75 Å². The van der Waals surface area contributed by atoms with E-state index in [2.05, 4.69) is 69.1 Å². The van der Waals surface area contributed by atoms with Crippen LogP contribution in [0.4, 0.5) is 0 Å². The Morgan fingerprint density at radius 1 is 0.906 bits per heavy atom. The highest BCUT2D eigenvalue weighted by Crippen LogP contribution is 2.20. The van der Waals surface area contributed by atoms with Crippen molar-refractivity contribution in [2.45, 2.75) is 19.8 Å². The number of hydrogen-bond donors (Lipinski definition) is 1. The van der Waals surface area contributed by atoms with Gasteiger partial charge in [-0.15, -0.1) is 10.2 Å². The van der Waals surface area contributed by atoms with Gasteiger partial charge in [-0.25, -0.2) is 0 Å². The molecule has 0 aliphatic rings. The summed E-state index contributed by atoms with van der Waals surface area (Å²) in [5.41, 5.74) is 5.40. The molecular formula is C25H25N5O2. The molecule has 0 aliphatic heterocycles. The smallest absolute Gasteiger partial charge is 0.178 e. The summed E-state index contributed by atoms with van der Waals surface area (Å²) in [5.74, 6) is 1.41. The maximum atomic E-state index is 5.79. The quantitative estimate of drug-likeness (QED) is 0.226. The average molecular weight is 428 g/mol. The van der Waals surface area contributed by atoms with Gasteiger partial charge in [0.25, 0.3) is 0 Å². The van der Waals surface area contributed by atoms with Gasteiger partial charge in [-0.1, -0.05) is 84.0 Å². The number of H-pyrrole nitrogens is 1. The monoisotopic (exact) mass is 427 g/mol. The highest BCUT2D eigenvalue weighted by Gasteiger charge is 2.05. The van der Waals surface area contributed by atoms with Gasteiger partial charge in [-0.05, 0) is 40.8 Å². The lowest BCUT2D eigenvalue weighted by molar-refractivity contribution is 0.107. The number of hydrogen-bond acceptors (Lipinski definition) is 6. The number of rotatable bonds is 10. The maximum Gasteiger partial charge on any atom is 0.178 e. The topological polar surface area (TPSA) is 85.3 Å². The molecule has 0 radical (unpaired) electrons. The highest BCUT2D eigenvalue weighted by atomic mass is 16.6. The zero-order chi connectivity index (χ0) is 22.0. The summed E-state index contributed by atoms with van der Waals surface area (Å²) in [4.78, 5) is 5.52. The fraction of sp³-hybridized carbons (Fsp3) is 0.200. The Balaban J connectivity index is 1.28. The Bertz CT molecular complexity index is 1130. The second-order valence-electron chi connectivity index (χ2n) is 7.17. The van der Waals surface area contributed by atoms with E-state index in [1.165, 1.54) is 11.1 Å². The van der Waals surface area contributed by atoms with Gasteiger partial charge in [0.1, 0.15) is 12.4 Å². The van der Waals surface area contributed by atoms with Gasteiger partial charge in [0, 0.05) is 6.42 Å². The second-order valence-corrected chi connectivity index (χ2v) is 7.17. The van der Waals surface area contributed by atoms with Gasteiger partial charge >= 0.3 is 0 Å². The average Bonchev–Trinajstić information content (AvgIpc) is 3.35. The minimum Gasteiger partial charge on any atom is -0.490 e. The molecule has 0 saturated heterocycles. The zero-order valence-corrected chi connectivity index (χ0v) is 17.9. The van der Waals surface area contributed by atoms with Crippen molar-refractivity contribution in [1.29, 1.82) is 0 Å². The van der Waals surface area contributed by atoms with Crippen molar-refractivity contribution in [1.82, 2.24) is 20.6 Å². The molecule has 0 saturated carbocycles. The lowest BCUT2D eigenvalue weighted by Gasteiger charge is -2.08. The minimum atomic E-state index is 0.362. The number of aromatic amines is 1. The SMILES string of the molecule is CCC(=NOCCOc1cccc(Cc2nn[nH]n2)c1)c1ccc(-c2ccccc2)cc1. The standard InChI is InChI=1S/C25H25N5O2/c1-2-24(22-13-11-21(12-14-22)20-8-4-3-5-9-20)28-32-16-15-31-23-10-6-7-19(17-23)18-25-26-29-30-27-25/h3-14,17H,2,15-16,18H2,1H3,(H,26,27,29,30). The summed E-state index contributed by atoms with van der Waals surface area (Å²) in [7, 11) is 0. The van der Waals surface area contributed by atoms with Crippen LogP contribution in [0.25, 0.3) is 11.1 Å². The first-order valence-electron chi connectivity index (χ1n) is 10.6. The van der Waals surface area contributed by atoms with Crippen LogP contribution in [0.15, 0.2) is 84.0 Å². The third kappa shape index (κ3) is 5.78. The number of nitrogens with zero attached hydrogens (tertiary/aromatic N) is 4. The fourth-order valence-electron chi connectivity index (χ4n) is 3.31. The molecule has 0 amide bonds. The van der Waals surface area contributed by atoms with Gasteiger partial charge in [0.15, 0.2) is 12.4 Å². The predicted octanol–water partition coefficient (Wildman–Crippen LogP) is 4.67. The van der Waals surface area contributed by atoms with E-state index in [1.54, 1.807) is 0 Å². The van der Waals surface area contributed by atoms with Crippen LogP contribution in [0.2, 0.25) is 0 Å². The molecule has 4 aromatic rings. The molecule has 0 atom stereocenters. The number of benzene rings is 3. The predicted molar refractivity (Wildman–Crippen MR) is 124 cm³/mol. The molecule has 1 heterocycles. The van der Waals surface area contributed by atoms with Gasteiger partial charge in [0.05, 0.1) is 5.71 Å². The first kappa shape index (κ1) is 21.2. The Hall–Kier alpha value is -4.00. The zero-order valence-electron chi connectivity index (χ0n) is 17.9. The van der Waals surface area contributed by atoms with Crippen molar-refractivity contribution in [3.8, 4) is 16.9 Å². The number of oxime groups is 1. The summed E-state index contributed by atoms with van der Waals surface area (Å²) < 4.78 is 5.79. The normalized spacial score (nSPS) is 11.3. The molecule has 1 aromatic heterocycles. The summed E-state index contributed by atoms with van der Waals surface area (Å²) in [6, 6.07) is 26.5. The maximum absolute atomic E-state index is 5.79. The summed E-state index contributed by atoms with van der Waals surface area (Å²) in [5, 5.41) is 18.3. The third-order valence-electron chi connectivity index (χ3n) is 4.93. The van der Waals surface area contributed by atoms with Crippen molar-refractivity contribution in [3.05, 3.63) is 95.8 Å². The molecule has 7 nitrogen and oxygen atoms in total. The van der Waals surface area contributed by atoms with E-state index in [4.69, 9.17) is 9.57 Å². The second kappa shape index (κ2) is 10.9. The Kier molecular flexibility index (Phi) is 7.21. The van der Waals surface area contributed by atoms with Crippen LogP contribution in [-0.2, 0) is 11.3 Å². The largest absolute Gasteiger partial charge is 0.490 e. The molecule has 4 rings (SSSR count). The van der Waals surface area contributed by atoms with Crippen molar-refractivity contribution in [2.75, 3.05) is 13.2 Å². The molecule has 0 fully saturated rings. The molecule has 32 heavy (non-hydrogen) atoms. The van der Waals surface area contributed by atoms with E-state index in [-0.39, 0.29) is 0 Å². The fourth-order valence-corrected chi connectivity index (χ4v) is 3.31. The van der Waals surface area contributed by atoms with Crippen LogP contribution in [0, 0.1) is 0 Å². The molecule has 0 unspecified atom stereocenters. The van der Waals surface area contributed by atoms with E-state index < -0.39 is 0 Å². The Labute approximate surface area is 187 Å². The summed E-state index contributed by atoms with van der Waals surface area (Å²) in [6.45, 7) is 2.83. The number of ether oxygens (including phenoxy) is 1. The highest BCUT2D eigenvalue weighted by molar-refractivity contribution is 6.00. The van der Waals surface area contributed by atoms with E-state index in [0.717, 1.165) is 29.0 Å². The molecule has 0 aliphatic carbocycles. The van der Waals surface area contributed by atoms with Crippen molar-refractivity contribution >= 4 is 5.71 Å². The van der Waals surface area contributed by atoms with Crippen LogP contribution < -0.4 is 4.74 Å². The van der Waals surface area contributed by atoms with Crippen LogP contribution in [0.3, 0.4) is 0 Å². The van der Waals surface area contributed by atoms with Crippen LogP contribution in [0.1, 0.15) is 30.3 Å². The molecule has 7 heteroatoms. The van der Waals surface area contributed by atoms with E-state index >= 15 is 0 Å². The Morgan fingerprint density at radius 2 is 1.72 bits per heavy atom. The molecule has 162 valence electrons. The number of nitrogens with one attached hydrogen (secondary N) is 1.